The molecule has 0 saturated carbocycles. The molecule has 0 atom stereocenters. The molecule has 0 fully saturated rings. The van der Waals surface area contributed by atoms with Gasteiger partial charge in [0, 0.05) is 25.0 Å². The van der Waals surface area contributed by atoms with E-state index in [9.17, 15) is 4.79 Å². The number of carbonyl (C=O) groups is 1. The zero-order valence-electron chi connectivity index (χ0n) is 13.9. The summed E-state index contributed by atoms with van der Waals surface area (Å²) in [5.41, 5.74) is 4.40. The molecule has 0 bridgehead atoms. The zero-order valence-corrected chi connectivity index (χ0v) is 14.7. The van der Waals surface area contributed by atoms with E-state index in [2.05, 4.69) is 10.3 Å². The Kier molecular flexibility index (Phi) is 4.62. The van der Waals surface area contributed by atoms with Crippen molar-refractivity contribution < 1.29 is 4.79 Å². The maximum absolute atomic E-state index is 12.5. The molecule has 24 heavy (non-hydrogen) atoms. The molecular weight excluding hydrogens is 318 g/mol. The van der Waals surface area contributed by atoms with Gasteiger partial charge >= 0.3 is 0 Å². The number of anilines is 2. The van der Waals surface area contributed by atoms with Crippen LogP contribution in [-0.2, 0) is 0 Å². The Bertz CT molecular complexity index is 853. The Hall–Kier alpha value is -2.66. The van der Waals surface area contributed by atoms with Crippen LogP contribution in [0.15, 0.2) is 53.9 Å². The summed E-state index contributed by atoms with van der Waals surface area (Å²) in [7, 11) is 3.90. The van der Waals surface area contributed by atoms with Gasteiger partial charge in [0.25, 0.3) is 5.91 Å². The number of para-hydroxylation sites is 2. The fourth-order valence-electron chi connectivity index (χ4n) is 2.36. The molecule has 1 N–H and O–H groups in total. The molecule has 0 aliphatic rings. The minimum absolute atomic E-state index is 0.195. The van der Waals surface area contributed by atoms with Gasteiger partial charge in [0.2, 0.25) is 0 Å². The highest BCUT2D eigenvalue weighted by Crippen LogP contribution is 2.26. The number of hydrogen-bond donors (Lipinski definition) is 1. The lowest BCUT2D eigenvalue weighted by Crippen LogP contribution is -2.16. The molecule has 5 heteroatoms. The van der Waals surface area contributed by atoms with Gasteiger partial charge in [0.05, 0.1) is 11.4 Å². The van der Waals surface area contributed by atoms with Crippen molar-refractivity contribution in [2.24, 2.45) is 0 Å². The van der Waals surface area contributed by atoms with Crippen molar-refractivity contribution >= 4 is 28.6 Å². The van der Waals surface area contributed by atoms with Gasteiger partial charge in [-0.15, -0.1) is 11.3 Å². The Morgan fingerprint density at radius 2 is 1.79 bits per heavy atom. The number of hydrogen-bond acceptors (Lipinski definition) is 4. The highest BCUT2D eigenvalue weighted by Gasteiger charge is 2.14. The maximum Gasteiger partial charge on any atom is 0.275 e. The van der Waals surface area contributed by atoms with E-state index < -0.39 is 0 Å². The second-order valence-corrected chi connectivity index (χ2v) is 6.63. The highest BCUT2D eigenvalue weighted by atomic mass is 32.1. The Labute approximate surface area is 145 Å². The number of amides is 1. The van der Waals surface area contributed by atoms with Gasteiger partial charge in [-0.3, -0.25) is 4.79 Å². The molecule has 2 aromatic carbocycles. The minimum atomic E-state index is -0.195. The third kappa shape index (κ3) is 3.46. The van der Waals surface area contributed by atoms with Gasteiger partial charge in [0.15, 0.2) is 0 Å². The molecule has 3 aromatic rings. The van der Waals surface area contributed by atoms with Crippen molar-refractivity contribution in [2.45, 2.75) is 6.92 Å². The first kappa shape index (κ1) is 16.2. The minimum Gasteiger partial charge on any atom is -0.376 e. The van der Waals surface area contributed by atoms with E-state index in [-0.39, 0.29) is 5.91 Å². The monoisotopic (exact) mass is 337 g/mol. The third-order valence-corrected chi connectivity index (χ3v) is 4.56. The number of aromatic nitrogens is 1. The quantitative estimate of drug-likeness (QED) is 0.765. The topological polar surface area (TPSA) is 45.2 Å². The summed E-state index contributed by atoms with van der Waals surface area (Å²) in [6.07, 6.45) is 0. The number of aryl methyl sites for hydroxylation is 1. The van der Waals surface area contributed by atoms with E-state index in [1.165, 1.54) is 16.9 Å². The van der Waals surface area contributed by atoms with Crippen molar-refractivity contribution in [2.75, 3.05) is 24.3 Å². The van der Waals surface area contributed by atoms with Crippen LogP contribution in [0.2, 0.25) is 0 Å². The van der Waals surface area contributed by atoms with E-state index in [0.717, 1.165) is 21.9 Å². The second-order valence-electron chi connectivity index (χ2n) is 5.77. The summed E-state index contributed by atoms with van der Waals surface area (Å²) in [5, 5.41) is 5.59. The molecule has 0 aliphatic heterocycles. The van der Waals surface area contributed by atoms with Crippen molar-refractivity contribution in [3.63, 3.8) is 0 Å². The third-order valence-electron chi connectivity index (χ3n) is 3.67. The lowest BCUT2D eigenvalue weighted by molar-refractivity contribution is 0.102. The average molecular weight is 337 g/mol. The summed E-state index contributed by atoms with van der Waals surface area (Å²) in [4.78, 5) is 18.9. The van der Waals surface area contributed by atoms with Crippen LogP contribution in [0.3, 0.4) is 0 Å². The molecule has 4 nitrogen and oxygen atoms in total. The fraction of sp³-hybridized carbons (Fsp3) is 0.158. The molecule has 0 aliphatic carbocycles. The smallest absolute Gasteiger partial charge is 0.275 e. The van der Waals surface area contributed by atoms with Crippen LogP contribution in [0, 0.1) is 6.92 Å². The largest absolute Gasteiger partial charge is 0.376 e. The number of rotatable bonds is 4. The first-order valence-corrected chi connectivity index (χ1v) is 8.53. The van der Waals surface area contributed by atoms with Crippen molar-refractivity contribution in [1.82, 2.24) is 4.98 Å². The van der Waals surface area contributed by atoms with Crippen molar-refractivity contribution in [1.29, 1.82) is 0 Å². The van der Waals surface area contributed by atoms with Crippen LogP contribution in [0.4, 0.5) is 11.4 Å². The first-order valence-electron chi connectivity index (χ1n) is 7.65. The predicted octanol–water partition coefficient (Wildman–Crippen LogP) is 4.44. The molecule has 1 amide bonds. The van der Waals surface area contributed by atoms with Gasteiger partial charge in [-0.2, -0.15) is 0 Å². The summed E-state index contributed by atoms with van der Waals surface area (Å²) < 4.78 is 0. The molecule has 3 rings (SSSR count). The molecule has 0 unspecified atom stereocenters. The van der Waals surface area contributed by atoms with E-state index in [1.54, 1.807) is 5.38 Å². The van der Waals surface area contributed by atoms with Crippen LogP contribution in [0.5, 0.6) is 0 Å². The Morgan fingerprint density at radius 3 is 2.50 bits per heavy atom. The standard InChI is InChI=1S/C19H19N3OS/c1-13-8-10-14(11-9-13)19-21-16(12-24-19)18(23)20-15-6-4-5-7-17(15)22(2)3/h4-12H,1-3H3,(H,20,23). The lowest BCUT2D eigenvalue weighted by atomic mass is 10.2. The summed E-state index contributed by atoms with van der Waals surface area (Å²) >= 11 is 1.48. The number of nitrogens with zero attached hydrogens (tertiary/aromatic N) is 2. The predicted molar refractivity (Wildman–Crippen MR) is 101 cm³/mol. The maximum atomic E-state index is 12.5. The first-order chi connectivity index (χ1) is 11.5. The SMILES string of the molecule is Cc1ccc(-c2nc(C(=O)Nc3ccccc3N(C)C)cs2)cc1. The Morgan fingerprint density at radius 1 is 1.08 bits per heavy atom. The molecule has 0 spiro atoms. The normalized spacial score (nSPS) is 10.5. The van der Waals surface area contributed by atoms with Crippen molar-refractivity contribution in [3.8, 4) is 10.6 Å². The van der Waals surface area contributed by atoms with Crippen molar-refractivity contribution in [3.05, 3.63) is 65.2 Å². The van der Waals surface area contributed by atoms with Gasteiger partial charge in [0.1, 0.15) is 10.7 Å². The van der Waals surface area contributed by atoms with Gasteiger partial charge in [-0.1, -0.05) is 42.0 Å². The number of benzene rings is 2. The number of carbonyl (C=O) groups excluding carboxylic acids is 1. The van der Waals surface area contributed by atoms with E-state index in [0.29, 0.717) is 5.69 Å². The van der Waals surface area contributed by atoms with E-state index in [1.807, 2.05) is 74.4 Å². The van der Waals surface area contributed by atoms with Gasteiger partial charge in [-0.25, -0.2) is 4.98 Å². The lowest BCUT2D eigenvalue weighted by Gasteiger charge is -2.17. The molecule has 0 radical (unpaired) electrons. The fourth-order valence-corrected chi connectivity index (χ4v) is 3.17. The molecular formula is C19H19N3OS. The van der Waals surface area contributed by atoms with Crippen LogP contribution < -0.4 is 10.2 Å². The van der Waals surface area contributed by atoms with Gasteiger partial charge < -0.3 is 10.2 Å². The van der Waals surface area contributed by atoms with Crippen LogP contribution in [0.1, 0.15) is 16.1 Å². The molecule has 0 saturated heterocycles. The number of thiazole rings is 1. The van der Waals surface area contributed by atoms with Gasteiger partial charge in [-0.05, 0) is 19.1 Å². The van der Waals surface area contributed by atoms with E-state index in [4.69, 9.17) is 0 Å². The summed E-state index contributed by atoms with van der Waals surface area (Å²) in [5.74, 6) is -0.195. The number of nitrogens with one attached hydrogen (secondary N) is 1. The highest BCUT2D eigenvalue weighted by molar-refractivity contribution is 7.13. The van der Waals surface area contributed by atoms with Crippen LogP contribution >= 0.6 is 11.3 Å². The summed E-state index contributed by atoms with van der Waals surface area (Å²) in [6.45, 7) is 2.05. The van der Waals surface area contributed by atoms with E-state index >= 15 is 0 Å². The average Bonchev–Trinajstić information content (AvgIpc) is 3.06. The summed E-state index contributed by atoms with van der Waals surface area (Å²) in [6, 6.07) is 15.8. The van der Waals surface area contributed by atoms with Crippen LogP contribution in [-0.4, -0.2) is 25.0 Å². The molecule has 1 aromatic heterocycles. The molecule has 122 valence electrons. The Balaban J connectivity index is 1.81. The van der Waals surface area contributed by atoms with Crippen LogP contribution in [0.25, 0.3) is 10.6 Å². The molecule has 1 heterocycles. The zero-order chi connectivity index (χ0) is 17.1. The second kappa shape index (κ2) is 6.84.